The van der Waals surface area contributed by atoms with Crippen LogP contribution < -0.4 is 5.43 Å². The second kappa shape index (κ2) is 10.6. The van der Waals surface area contributed by atoms with Gasteiger partial charge in [-0.2, -0.15) is 0 Å². The zero-order valence-electron chi connectivity index (χ0n) is 20.6. The number of rotatable bonds is 4. The molecule has 14 nitrogen and oxygen atoms in total. The molecule has 5 rings (SSSR count). The van der Waals surface area contributed by atoms with Gasteiger partial charge in [-0.25, -0.2) is 0 Å². The molecule has 1 aromatic heterocycles. The number of phenolic OH excluding ortho intramolecular Hbond substituents is 3. The third-order valence-electron chi connectivity index (χ3n) is 7.31. The van der Waals surface area contributed by atoms with Gasteiger partial charge in [0.2, 0.25) is 0 Å². The van der Waals surface area contributed by atoms with Crippen LogP contribution in [0.4, 0.5) is 0 Å². The van der Waals surface area contributed by atoms with Gasteiger partial charge >= 0.3 is 0 Å². The van der Waals surface area contributed by atoms with Gasteiger partial charge < -0.3 is 65.0 Å². The summed E-state index contributed by atoms with van der Waals surface area (Å²) >= 11 is 0. The lowest BCUT2D eigenvalue weighted by Gasteiger charge is -2.41. The van der Waals surface area contributed by atoms with Crippen LogP contribution in [0.5, 0.6) is 17.2 Å². The van der Waals surface area contributed by atoms with Gasteiger partial charge in [0, 0.05) is 11.6 Å². The van der Waals surface area contributed by atoms with E-state index in [1.54, 1.807) is 0 Å². The maximum absolute atomic E-state index is 13.4. The molecule has 2 aromatic carbocycles. The molecule has 0 spiro atoms. The van der Waals surface area contributed by atoms with E-state index < -0.39 is 107 Å². The van der Waals surface area contributed by atoms with Gasteiger partial charge in [0.05, 0.1) is 24.3 Å². The molecule has 40 heavy (non-hydrogen) atoms. The average Bonchev–Trinajstić information content (AvgIpc) is 2.92. The first-order chi connectivity index (χ1) is 19.0. The largest absolute Gasteiger partial charge is 0.508 e. The Morgan fingerprint density at radius 1 is 0.775 bits per heavy atom. The molecule has 2 aliphatic rings. The van der Waals surface area contributed by atoms with E-state index in [-0.39, 0.29) is 11.5 Å². The number of hydrogen-bond acceptors (Lipinski definition) is 14. The number of aliphatic hydroxyl groups is 7. The number of phenols is 3. The highest BCUT2D eigenvalue weighted by Gasteiger charge is 2.48. The first kappa shape index (κ1) is 28.2. The maximum Gasteiger partial charge on any atom is 0.197 e. The molecule has 0 bridgehead atoms. The van der Waals surface area contributed by atoms with E-state index in [1.165, 1.54) is 24.3 Å². The van der Waals surface area contributed by atoms with Crippen molar-refractivity contribution in [2.75, 3.05) is 13.2 Å². The van der Waals surface area contributed by atoms with Crippen LogP contribution in [0.1, 0.15) is 23.3 Å². The molecule has 216 valence electrons. The van der Waals surface area contributed by atoms with E-state index in [9.17, 15) is 55.9 Å². The molecule has 10 N–H and O–H groups in total. The second-order valence-corrected chi connectivity index (χ2v) is 9.80. The van der Waals surface area contributed by atoms with Crippen molar-refractivity contribution in [2.45, 2.75) is 54.9 Å². The SMILES string of the molecule is O=c1cc(-c2ccc(O)cc2)oc2c([C@@H]3OC(CO)[C@H](O)[C@H](O)C3O)c(O)c([C@@H]3OC[C@H](O)[C@H](O)C3O)c(O)c12. The van der Waals surface area contributed by atoms with Crippen LogP contribution in [0.15, 0.2) is 39.5 Å². The molecule has 3 unspecified atom stereocenters. The van der Waals surface area contributed by atoms with Gasteiger partial charge in [0.1, 0.15) is 83.3 Å². The van der Waals surface area contributed by atoms with Crippen molar-refractivity contribution in [3.63, 3.8) is 0 Å². The first-order valence-electron chi connectivity index (χ1n) is 12.3. The summed E-state index contributed by atoms with van der Waals surface area (Å²) in [7, 11) is 0. The summed E-state index contributed by atoms with van der Waals surface area (Å²) < 4.78 is 16.9. The Morgan fingerprint density at radius 3 is 2.08 bits per heavy atom. The highest BCUT2D eigenvalue weighted by atomic mass is 16.5. The Bertz CT molecular complexity index is 1450. The Morgan fingerprint density at radius 2 is 1.43 bits per heavy atom. The van der Waals surface area contributed by atoms with Gasteiger partial charge in [-0.15, -0.1) is 0 Å². The lowest BCUT2D eigenvalue weighted by atomic mass is 9.85. The van der Waals surface area contributed by atoms with Gasteiger partial charge in [-0.05, 0) is 24.3 Å². The zero-order chi connectivity index (χ0) is 29.0. The molecule has 0 saturated carbocycles. The molecule has 2 saturated heterocycles. The molecule has 3 aromatic rings. The van der Waals surface area contributed by atoms with Crippen molar-refractivity contribution in [1.29, 1.82) is 0 Å². The Kier molecular flexibility index (Phi) is 7.47. The van der Waals surface area contributed by atoms with Crippen LogP contribution in [0.2, 0.25) is 0 Å². The van der Waals surface area contributed by atoms with Gasteiger partial charge in [0.25, 0.3) is 0 Å². The lowest BCUT2D eigenvalue weighted by Crippen LogP contribution is -2.55. The maximum atomic E-state index is 13.4. The molecular formula is C26H28O14. The average molecular weight is 564 g/mol. The third-order valence-corrected chi connectivity index (χ3v) is 7.31. The van der Waals surface area contributed by atoms with Crippen molar-refractivity contribution in [2.24, 2.45) is 0 Å². The highest BCUT2D eigenvalue weighted by molar-refractivity contribution is 5.92. The minimum Gasteiger partial charge on any atom is -0.508 e. The fourth-order valence-corrected chi connectivity index (χ4v) is 5.11. The number of aliphatic hydroxyl groups excluding tert-OH is 7. The zero-order valence-corrected chi connectivity index (χ0v) is 20.6. The summed E-state index contributed by atoms with van der Waals surface area (Å²) in [5.41, 5.74) is -2.19. The van der Waals surface area contributed by atoms with E-state index in [1.807, 2.05) is 0 Å². The van der Waals surface area contributed by atoms with Crippen LogP contribution >= 0.6 is 0 Å². The minimum atomic E-state index is -1.96. The summed E-state index contributed by atoms with van der Waals surface area (Å²) in [5, 5.41) is 104. The number of benzene rings is 2. The monoisotopic (exact) mass is 564 g/mol. The molecule has 2 aliphatic heterocycles. The molecular weight excluding hydrogens is 536 g/mol. The lowest BCUT2D eigenvalue weighted by molar-refractivity contribution is -0.231. The number of ether oxygens (including phenoxy) is 2. The van der Waals surface area contributed by atoms with E-state index >= 15 is 0 Å². The standard InChI is InChI=1S/C26H28O14/c27-6-13-18(32)21(35)23(37)26(40-13)16-20(34)15(25-22(36)17(31)11(30)7-38-25)19(33)14-10(29)5-12(39-24(14)16)8-1-3-9(28)4-2-8/h1-5,11,13,17-18,21-23,25-28,30-37H,6-7H2/t11-,13?,17-,18-,21-,22?,23?,25-,26-/m0/s1. The predicted molar refractivity (Wildman–Crippen MR) is 132 cm³/mol. The summed E-state index contributed by atoms with van der Waals surface area (Å²) in [5.74, 6) is -2.00. The Balaban J connectivity index is 1.81. The molecule has 0 radical (unpaired) electrons. The molecule has 0 amide bonds. The minimum absolute atomic E-state index is 0.0767. The topological polar surface area (TPSA) is 251 Å². The van der Waals surface area contributed by atoms with Crippen molar-refractivity contribution in [3.05, 3.63) is 51.7 Å². The quantitative estimate of drug-likeness (QED) is 0.169. The van der Waals surface area contributed by atoms with Crippen LogP contribution in [0.3, 0.4) is 0 Å². The molecule has 9 atom stereocenters. The summed E-state index contributed by atoms with van der Waals surface area (Å²) in [4.78, 5) is 13.4. The summed E-state index contributed by atoms with van der Waals surface area (Å²) in [6.45, 7) is -1.34. The van der Waals surface area contributed by atoms with Crippen molar-refractivity contribution in [3.8, 4) is 28.6 Å². The Hall–Kier alpha value is -3.31. The highest BCUT2D eigenvalue weighted by Crippen LogP contribution is 2.50. The van der Waals surface area contributed by atoms with Crippen LogP contribution in [-0.4, -0.2) is 107 Å². The predicted octanol–water partition coefficient (Wildman–Crippen LogP) is -1.75. The van der Waals surface area contributed by atoms with Crippen LogP contribution in [0, 0.1) is 0 Å². The molecule has 14 heteroatoms. The fourth-order valence-electron chi connectivity index (χ4n) is 5.11. The second-order valence-electron chi connectivity index (χ2n) is 9.80. The molecule has 3 heterocycles. The Labute approximate surface area is 224 Å². The first-order valence-corrected chi connectivity index (χ1v) is 12.3. The summed E-state index contributed by atoms with van der Waals surface area (Å²) in [6.07, 6.45) is -15.7. The van der Waals surface area contributed by atoms with E-state index in [0.29, 0.717) is 5.56 Å². The normalized spacial score (nSPS) is 32.8. The van der Waals surface area contributed by atoms with Gasteiger partial charge in [-0.3, -0.25) is 4.79 Å². The number of aromatic hydroxyl groups is 3. The van der Waals surface area contributed by atoms with Gasteiger partial charge in [0.15, 0.2) is 11.0 Å². The number of hydrogen-bond donors (Lipinski definition) is 10. The van der Waals surface area contributed by atoms with E-state index in [0.717, 1.165) is 6.07 Å². The van der Waals surface area contributed by atoms with Crippen LogP contribution in [0.25, 0.3) is 22.3 Å². The summed E-state index contributed by atoms with van der Waals surface area (Å²) in [6, 6.07) is 6.47. The van der Waals surface area contributed by atoms with Crippen LogP contribution in [-0.2, 0) is 9.47 Å². The van der Waals surface area contributed by atoms with Crippen molar-refractivity contribution < 1.29 is 65.0 Å². The molecule has 2 fully saturated rings. The van der Waals surface area contributed by atoms with E-state index in [4.69, 9.17) is 13.9 Å². The van der Waals surface area contributed by atoms with Crippen molar-refractivity contribution in [1.82, 2.24) is 0 Å². The smallest absolute Gasteiger partial charge is 0.197 e. The fraction of sp³-hybridized carbons (Fsp3) is 0.423. The molecule has 0 aliphatic carbocycles. The van der Waals surface area contributed by atoms with Crippen molar-refractivity contribution >= 4 is 11.0 Å². The van der Waals surface area contributed by atoms with Gasteiger partial charge in [-0.1, -0.05) is 0 Å². The number of fused-ring (bicyclic) bond motifs is 1. The van der Waals surface area contributed by atoms with E-state index in [2.05, 4.69) is 0 Å². The third kappa shape index (κ3) is 4.49.